The Labute approximate surface area is 143 Å². The summed E-state index contributed by atoms with van der Waals surface area (Å²) in [6.45, 7) is 1.25. The van der Waals surface area contributed by atoms with Gasteiger partial charge in [-0.25, -0.2) is 4.79 Å². The topological polar surface area (TPSA) is 89.7 Å². The molecule has 0 aliphatic rings. The highest BCUT2D eigenvalue weighted by Gasteiger charge is 2.35. The Hall–Kier alpha value is -2.81. The van der Waals surface area contributed by atoms with E-state index in [9.17, 15) is 28.1 Å². The molecule has 0 saturated heterocycles. The molecule has 0 saturated carbocycles. The molecule has 0 spiro atoms. The number of alkyl halides is 3. The molecular weight excluding hydrogens is 367 g/mol. The smallest absolute Gasteiger partial charge is 0.420 e. The Bertz CT molecular complexity index is 867. The highest BCUT2D eigenvalue weighted by molar-refractivity contribution is 6.30. The number of nitrogens with zero attached hydrogens (tertiary/aromatic N) is 1. The van der Waals surface area contributed by atoms with Crippen molar-refractivity contribution in [1.29, 1.82) is 0 Å². The molecule has 0 unspecified atom stereocenters. The summed E-state index contributed by atoms with van der Waals surface area (Å²) < 4.78 is 44.3. The number of halogens is 4. The van der Waals surface area contributed by atoms with Gasteiger partial charge in [0.25, 0.3) is 5.69 Å². The second kappa shape index (κ2) is 6.60. The lowest BCUT2D eigenvalue weighted by molar-refractivity contribution is -0.385. The molecule has 0 aromatic heterocycles. The van der Waals surface area contributed by atoms with Gasteiger partial charge in [0.05, 0.1) is 10.5 Å². The summed E-state index contributed by atoms with van der Waals surface area (Å²) in [4.78, 5) is 21.3. The predicted octanol–water partition coefficient (Wildman–Crippen LogP) is 5.07. The molecule has 132 valence electrons. The second-order valence-electron chi connectivity index (χ2n) is 4.94. The fourth-order valence-electron chi connectivity index (χ4n) is 2.15. The van der Waals surface area contributed by atoms with Crippen LogP contribution in [0.25, 0.3) is 0 Å². The van der Waals surface area contributed by atoms with Crippen LogP contribution >= 0.6 is 11.6 Å². The summed E-state index contributed by atoms with van der Waals surface area (Å²) in [5.41, 5.74) is -2.58. The number of aryl methyl sites for hydroxylation is 1. The van der Waals surface area contributed by atoms with E-state index >= 15 is 0 Å². The van der Waals surface area contributed by atoms with Crippen LogP contribution in [0.1, 0.15) is 21.5 Å². The maximum atomic E-state index is 13.1. The first-order valence-corrected chi connectivity index (χ1v) is 6.95. The van der Waals surface area contributed by atoms with Crippen molar-refractivity contribution in [2.24, 2.45) is 0 Å². The monoisotopic (exact) mass is 375 g/mol. The van der Waals surface area contributed by atoms with Crippen molar-refractivity contribution in [3.8, 4) is 11.5 Å². The van der Waals surface area contributed by atoms with Gasteiger partial charge < -0.3 is 9.84 Å². The van der Waals surface area contributed by atoms with Crippen LogP contribution < -0.4 is 4.74 Å². The third-order valence-corrected chi connectivity index (χ3v) is 3.40. The van der Waals surface area contributed by atoms with E-state index in [1.807, 2.05) is 0 Å². The van der Waals surface area contributed by atoms with Gasteiger partial charge in [-0.15, -0.1) is 0 Å². The maximum Gasteiger partial charge on any atom is 0.420 e. The van der Waals surface area contributed by atoms with Gasteiger partial charge in [0, 0.05) is 16.7 Å². The molecule has 1 N–H and O–H groups in total. The molecule has 0 radical (unpaired) electrons. The first-order chi connectivity index (χ1) is 11.5. The standard InChI is InChI=1S/C15H9ClF3NO5/c1-7-4-9(6-10(14(21)22)13(7)20(23)24)25-12-3-2-8(16)5-11(12)15(17,18)19/h2-6H,1H3,(H,21,22). The average Bonchev–Trinajstić information content (AvgIpc) is 2.46. The zero-order chi connectivity index (χ0) is 18.9. The van der Waals surface area contributed by atoms with Crippen LogP contribution in [-0.2, 0) is 6.18 Å². The fraction of sp³-hybridized carbons (Fsp3) is 0.133. The molecule has 2 rings (SSSR count). The molecule has 0 aliphatic heterocycles. The van der Waals surface area contributed by atoms with Crippen LogP contribution in [0.15, 0.2) is 30.3 Å². The number of benzene rings is 2. The minimum absolute atomic E-state index is 0.0672. The molecule has 10 heteroatoms. The van der Waals surface area contributed by atoms with Gasteiger partial charge in [-0.2, -0.15) is 13.2 Å². The predicted molar refractivity (Wildman–Crippen MR) is 81.3 cm³/mol. The van der Waals surface area contributed by atoms with Crippen LogP contribution in [0, 0.1) is 17.0 Å². The van der Waals surface area contributed by atoms with Crippen LogP contribution in [0.3, 0.4) is 0 Å². The van der Waals surface area contributed by atoms with E-state index in [1.165, 1.54) is 13.0 Å². The number of hydrogen-bond acceptors (Lipinski definition) is 4. The normalized spacial score (nSPS) is 11.2. The SMILES string of the molecule is Cc1cc(Oc2ccc(Cl)cc2C(F)(F)F)cc(C(=O)O)c1[N+](=O)[O-]. The maximum absolute atomic E-state index is 13.1. The van der Waals surface area contributed by atoms with E-state index in [2.05, 4.69) is 0 Å². The number of nitro benzene ring substituents is 1. The summed E-state index contributed by atoms with van der Waals surface area (Å²) >= 11 is 5.57. The molecule has 0 aliphatic carbocycles. The van der Waals surface area contributed by atoms with Gasteiger partial charge >= 0.3 is 12.1 Å². The first kappa shape index (κ1) is 18.5. The van der Waals surface area contributed by atoms with Crippen molar-refractivity contribution in [1.82, 2.24) is 0 Å². The number of ether oxygens (including phenoxy) is 1. The van der Waals surface area contributed by atoms with Crippen LogP contribution in [0.5, 0.6) is 11.5 Å². The number of carboxylic acids is 1. The molecule has 0 heterocycles. The van der Waals surface area contributed by atoms with E-state index < -0.39 is 39.6 Å². The highest BCUT2D eigenvalue weighted by Crippen LogP contribution is 2.40. The zero-order valence-electron chi connectivity index (χ0n) is 12.4. The summed E-state index contributed by atoms with van der Waals surface area (Å²) in [7, 11) is 0. The first-order valence-electron chi connectivity index (χ1n) is 6.57. The van der Waals surface area contributed by atoms with Gasteiger partial charge in [-0.05, 0) is 31.2 Å². The van der Waals surface area contributed by atoms with Gasteiger partial charge in [-0.3, -0.25) is 10.1 Å². The fourth-order valence-corrected chi connectivity index (χ4v) is 2.32. The minimum atomic E-state index is -4.76. The van der Waals surface area contributed by atoms with Crippen molar-refractivity contribution < 1.29 is 32.7 Å². The van der Waals surface area contributed by atoms with Crippen molar-refractivity contribution in [3.05, 3.63) is 62.2 Å². The molecule has 2 aromatic carbocycles. The van der Waals surface area contributed by atoms with E-state index in [-0.39, 0.29) is 16.3 Å². The number of carboxylic acid groups (broad SMARTS) is 1. The molecule has 2 aromatic rings. The van der Waals surface area contributed by atoms with E-state index in [4.69, 9.17) is 21.4 Å². The number of rotatable bonds is 4. The molecule has 6 nitrogen and oxygen atoms in total. The Morgan fingerprint density at radius 2 is 1.92 bits per heavy atom. The number of hydrogen-bond donors (Lipinski definition) is 1. The molecule has 0 fully saturated rings. The van der Waals surface area contributed by atoms with Gasteiger partial charge in [0.2, 0.25) is 0 Å². The zero-order valence-corrected chi connectivity index (χ0v) is 13.2. The van der Waals surface area contributed by atoms with E-state index in [0.717, 1.165) is 18.2 Å². The third-order valence-electron chi connectivity index (χ3n) is 3.16. The number of carbonyl (C=O) groups is 1. The van der Waals surface area contributed by atoms with Crippen molar-refractivity contribution in [2.45, 2.75) is 13.1 Å². The van der Waals surface area contributed by atoms with E-state index in [0.29, 0.717) is 6.07 Å². The van der Waals surface area contributed by atoms with Crippen molar-refractivity contribution in [2.75, 3.05) is 0 Å². The summed E-state index contributed by atoms with van der Waals surface area (Å²) in [6.07, 6.45) is -4.76. The van der Waals surface area contributed by atoms with Crippen LogP contribution in [0.4, 0.5) is 18.9 Å². The van der Waals surface area contributed by atoms with Gasteiger partial charge in [0.15, 0.2) is 0 Å². The molecular formula is C15H9ClF3NO5. The Kier molecular flexibility index (Phi) is 4.89. The number of nitro groups is 1. The van der Waals surface area contributed by atoms with Gasteiger partial charge in [-0.1, -0.05) is 11.6 Å². The second-order valence-corrected chi connectivity index (χ2v) is 5.38. The van der Waals surface area contributed by atoms with Crippen molar-refractivity contribution >= 4 is 23.3 Å². The molecule has 25 heavy (non-hydrogen) atoms. The summed E-state index contributed by atoms with van der Waals surface area (Å²) in [5.74, 6) is -2.50. The minimum Gasteiger partial charge on any atom is -0.477 e. The lowest BCUT2D eigenvalue weighted by Crippen LogP contribution is -2.08. The molecule has 0 atom stereocenters. The Morgan fingerprint density at radius 1 is 1.28 bits per heavy atom. The highest BCUT2D eigenvalue weighted by atomic mass is 35.5. The van der Waals surface area contributed by atoms with Gasteiger partial charge in [0.1, 0.15) is 17.1 Å². The number of aromatic carboxylic acids is 1. The Balaban J connectivity index is 2.56. The van der Waals surface area contributed by atoms with Crippen LogP contribution in [0.2, 0.25) is 5.02 Å². The molecule has 0 bridgehead atoms. The van der Waals surface area contributed by atoms with Crippen LogP contribution in [-0.4, -0.2) is 16.0 Å². The quantitative estimate of drug-likeness (QED) is 0.595. The average molecular weight is 376 g/mol. The summed E-state index contributed by atoms with van der Waals surface area (Å²) in [6, 6.07) is 4.68. The third kappa shape index (κ3) is 4.00. The Morgan fingerprint density at radius 3 is 2.44 bits per heavy atom. The lowest BCUT2D eigenvalue weighted by Gasteiger charge is -2.15. The molecule has 0 amide bonds. The van der Waals surface area contributed by atoms with Crippen molar-refractivity contribution in [3.63, 3.8) is 0 Å². The lowest BCUT2D eigenvalue weighted by atomic mass is 10.1. The largest absolute Gasteiger partial charge is 0.477 e. The summed E-state index contributed by atoms with van der Waals surface area (Å²) in [5, 5.41) is 19.9. The van der Waals surface area contributed by atoms with E-state index in [1.54, 1.807) is 0 Å².